The number of aromatic nitrogens is 2. The minimum atomic E-state index is -0.112. The molecule has 2 heterocycles. The summed E-state index contributed by atoms with van der Waals surface area (Å²) in [6, 6.07) is 9.61. The van der Waals surface area contributed by atoms with Crippen molar-refractivity contribution in [3.05, 3.63) is 52.6 Å². The van der Waals surface area contributed by atoms with Gasteiger partial charge in [0.1, 0.15) is 10.7 Å². The summed E-state index contributed by atoms with van der Waals surface area (Å²) in [7, 11) is 0. The molecule has 0 fully saturated rings. The Kier molecular flexibility index (Phi) is 3.05. The highest BCUT2D eigenvalue weighted by molar-refractivity contribution is 7.09. The first-order valence-corrected chi connectivity index (χ1v) is 6.90. The number of nitrogens with one attached hydrogen (secondary N) is 2. The topological polar surface area (TPSA) is 57.8 Å². The van der Waals surface area contributed by atoms with E-state index in [2.05, 4.69) is 15.3 Å². The molecule has 0 saturated heterocycles. The number of H-pyrrole nitrogens is 1. The van der Waals surface area contributed by atoms with Crippen LogP contribution >= 0.6 is 11.3 Å². The Morgan fingerprint density at radius 1 is 1.42 bits per heavy atom. The summed E-state index contributed by atoms with van der Waals surface area (Å²) in [5.74, 6) is -0.112. The molecule has 4 nitrogen and oxygen atoms in total. The molecule has 1 unspecified atom stereocenters. The van der Waals surface area contributed by atoms with Gasteiger partial charge in [-0.25, -0.2) is 4.98 Å². The number of thiazole rings is 1. The van der Waals surface area contributed by atoms with Crippen molar-refractivity contribution < 1.29 is 4.79 Å². The van der Waals surface area contributed by atoms with Crippen LogP contribution in [-0.2, 0) is 0 Å². The zero-order valence-corrected chi connectivity index (χ0v) is 11.2. The second-order valence-corrected chi connectivity index (χ2v) is 5.26. The van der Waals surface area contributed by atoms with Gasteiger partial charge in [0.2, 0.25) is 0 Å². The predicted octanol–water partition coefficient (Wildman–Crippen LogP) is 3.12. The molecule has 2 aromatic heterocycles. The lowest BCUT2D eigenvalue weighted by Crippen LogP contribution is -2.26. The third-order valence-corrected chi connectivity index (χ3v) is 3.90. The molecule has 1 aromatic carbocycles. The summed E-state index contributed by atoms with van der Waals surface area (Å²) in [5, 5.41) is 6.78. The lowest BCUT2D eigenvalue weighted by atomic mass is 10.2. The zero-order valence-electron chi connectivity index (χ0n) is 10.4. The van der Waals surface area contributed by atoms with Crippen LogP contribution in [0.15, 0.2) is 41.9 Å². The van der Waals surface area contributed by atoms with Crippen LogP contribution in [0.1, 0.15) is 28.5 Å². The molecule has 0 bridgehead atoms. The number of amides is 1. The Hall–Kier alpha value is -2.14. The van der Waals surface area contributed by atoms with Crippen molar-refractivity contribution in [3.63, 3.8) is 0 Å². The van der Waals surface area contributed by atoms with Crippen LogP contribution in [0.3, 0.4) is 0 Å². The number of fused-ring (bicyclic) bond motifs is 1. The first-order chi connectivity index (χ1) is 9.24. The maximum absolute atomic E-state index is 12.2. The van der Waals surface area contributed by atoms with Crippen molar-refractivity contribution in [3.8, 4) is 0 Å². The molecule has 0 saturated carbocycles. The van der Waals surface area contributed by atoms with Crippen molar-refractivity contribution in [1.82, 2.24) is 15.3 Å². The van der Waals surface area contributed by atoms with Crippen molar-refractivity contribution in [1.29, 1.82) is 0 Å². The first kappa shape index (κ1) is 11.9. The van der Waals surface area contributed by atoms with Gasteiger partial charge in [-0.3, -0.25) is 4.79 Å². The first-order valence-electron chi connectivity index (χ1n) is 6.02. The fourth-order valence-corrected chi connectivity index (χ4v) is 2.63. The fourth-order valence-electron chi connectivity index (χ4n) is 1.98. The molecule has 1 amide bonds. The van der Waals surface area contributed by atoms with Gasteiger partial charge in [-0.2, -0.15) is 0 Å². The van der Waals surface area contributed by atoms with Crippen LogP contribution in [0.2, 0.25) is 0 Å². The fraction of sp³-hybridized carbons (Fsp3) is 0.143. The molecule has 0 spiro atoms. The van der Waals surface area contributed by atoms with Crippen molar-refractivity contribution in [2.75, 3.05) is 0 Å². The highest BCUT2D eigenvalue weighted by Crippen LogP contribution is 2.17. The molecular weight excluding hydrogens is 258 g/mol. The van der Waals surface area contributed by atoms with E-state index in [4.69, 9.17) is 0 Å². The standard InChI is InChI=1S/C14H13N3OS/c1-9(14-15-6-7-19-14)16-13(18)12-8-10-4-2-3-5-11(10)17-12/h2-9,17H,1H3,(H,16,18). The van der Waals surface area contributed by atoms with Gasteiger partial charge in [-0.05, 0) is 19.1 Å². The van der Waals surface area contributed by atoms with Gasteiger partial charge in [-0.1, -0.05) is 18.2 Å². The summed E-state index contributed by atoms with van der Waals surface area (Å²) < 4.78 is 0. The lowest BCUT2D eigenvalue weighted by Gasteiger charge is -2.09. The summed E-state index contributed by atoms with van der Waals surface area (Å²) in [4.78, 5) is 19.5. The van der Waals surface area contributed by atoms with Gasteiger partial charge in [0.05, 0.1) is 6.04 Å². The van der Waals surface area contributed by atoms with Crippen LogP contribution in [0.4, 0.5) is 0 Å². The lowest BCUT2D eigenvalue weighted by molar-refractivity contribution is 0.0935. The molecule has 2 N–H and O–H groups in total. The number of nitrogens with zero attached hydrogens (tertiary/aromatic N) is 1. The van der Waals surface area contributed by atoms with Crippen molar-refractivity contribution in [2.45, 2.75) is 13.0 Å². The van der Waals surface area contributed by atoms with E-state index in [0.717, 1.165) is 15.9 Å². The predicted molar refractivity (Wildman–Crippen MR) is 76.3 cm³/mol. The Labute approximate surface area is 114 Å². The minimum absolute atomic E-state index is 0.0843. The molecule has 0 aliphatic carbocycles. The maximum Gasteiger partial charge on any atom is 0.268 e. The van der Waals surface area contributed by atoms with Crippen molar-refractivity contribution in [2.24, 2.45) is 0 Å². The molecule has 19 heavy (non-hydrogen) atoms. The second-order valence-electron chi connectivity index (χ2n) is 4.34. The summed E-state index contributed by atoms with van der Waals surface area (Å²) in [6.07, 6.45) is 1.74. The quantitative estimate of drug-likeness (QED) is 0.769. The Balaban J connectivity index is 1.80. The van der Waals surface area contributed by atoms with Gasteiger partial charge < -0.3 is 10.3 Å². The Morgan fingerprint density at radius 3 is 3.00 bits per heavy atom. The molecule has 5 heteroatoms. The zero-order chi connectivity index (χ0) is 13.2. The second kappa shape index (κ2) is 4.85. The number of benzene rings is 1. The Bertz CT molecular complexity index is 669. The maximum atomic E-state index is 12.2. The van der Waals surface area contributed by atoms with E-state index < -0.39 is 0 Å². The van der Waals surface area contributed by atoms with Gasteiger partial charge in [0, 0.05) is 22.5 Å². The molecule has 3 rings (SSSR count). The van der Waals surface area contributed by atoms with Crippen molar-refractivity contribution >= 4 is 28.1 Å². The highest BCUT2D eigenvalue weighted by Gasteiger charge is 2.14. The normalized spacial score (nSPS) is 12.5. The van der Waals surface area contributed by atoms with Crippen LogP contribution < -0.4 is 5.32 Å². The van der Waals surface area contributed by atoms with Crippen LogP contribution in [0.5, 0.6) is 0 Å². The number of aromatic amines is 1. The van der Waals surface area contributed by atoms with Gasteiger partial charge in [0.15, 0.2) is 0 Å². The molecule has 0 aliphatic rings. The van der Waals surface area contributed by atoms with Gasteiger partial charge in [-0.15, -0.1) is 11.3 Å². The minimum Gasteiger partial charge on any atom is -0.351 e. The highest BCUT2D eigenvalue weighted by atomic mass is 32.1. The average Bonchev–Trinajstić information content (AvgIpc) is 3.07. The van der Waals surface area contributed by atoms with E-state index in [1.165, 1.54) is 11.3 Å². The van der Waals surface area contributed by atoms with Crippen LogP contribution in [0.25, 0.3) is 10.9 Å². The number of carbonyl (C=O) groups excluding carboxylic acids is 1. The number of hydrogen-bond acceptors (Lipinski definition) is 3. The van der Waals surface area contributed by atoms with E-state index in [-0.39, 0.29) is 11.9 Å². The van der Waals surface area contributed by atoms with E-state index >= 15 is 0 Å². The number of carbonyl (C=O) groups is 1. The summed E-state index contributed by atoms with van der Waals surface area (Å²) in [6.45, 7) is 1.93. The molecule has 96 valence electrons. The van der Waals surface area contributed by atoms with E-state index in [9.17, 15) is 4.79 Å². The van der Waals surface area contributed by atoms with E-state index in [0.29, 0.717) is 5.69 Å². The summed E-state index contributed by atoms with van der Waals surface area (Å²) >= 11 is 1.54. The molecule has 0 aliphatic heterocycles. The number of para-hydroxylation sites is 1. The third-order valence-electron chi connectivity index (χ3n) is 2.94. The largest absolute Gasteiger partial charge is 0.351 e. The third kappa shape index (κ3) is 2.37. The SMILES string of the molecule is CC(NC(=O)c1cc2ccccc2[nH]1)c1nccs1. The summed E-state index contributed by atoms with van der Waals surface area (Å²) in [5.41, 5.74) is 1.54. The van der Waals surface area contributed by atoms with E-state index in [1.54, 1.807) is 6.20 Å². The monoisotopic (exact) mass is 271 g/mol. The smallest absolute Gasteiger partial charge is 0.268 e. The molecular formula is C14H13N3OS. The molecule has 1 atom stereocenters. The Morgan fingerprint density at radius 2 is 2.26 bits per heavy atom. The molecule has 0 radical (unpaired) electrons. The van der Waals surface area contributed by atoms with Gasteiger partial charge in [0.25, 0.3) is 5.91 Å². The number of rotatable bonds is 3. The average molecular weight is 271 g/mol. The van der Waals surface area contributed by atoms with Crippen LogP contribution in [0, 0.1) is 0 Å². The molecule has 3 aromatic rings. The van der Waals surface area contributed by atoms with Crippen LogP contribution in [-0.4, -0.2) is 15.9 Å². The van der Waals surface area contributed by atoms with E-state index in [1.807, 2.05) is 42.6 Å². The van der Waals surface area contributed by atoms with Gasteiger partial charge >= 0.3 is 0 Å². The number of hydrogen-bond donors (Lipinski definition) is 2.